The van der Waals surface area contributed by atoms with Gasteiger partial charge in [0.1, 0.15) is 0 Å². The van der Waals surface area contributed by atoms with Gasteiger partial charge in [-0.25, -0.2) is 0 Å². The number of amides is 1. The number of hydrogen-bond acceptors (Lipinski definition) is 2. The number of rotatable bonds is 6. The Balaban J connectivity index is 1.55. The topological polar surface area (TPSA) is 56.9 Å². The van der Waals surface area contributed by atoms with E-state index >= 15 is 0 Å². The molecule has 1 aliphatic carbocycles. The summed E-state index contributed by atoms with van der Waals surface area (Å²) in [5.74, 6) is 0.115. The molecule has 4 heteroatoms. The van der Waals surface area contributed by atoms with Crippen LogP contribution in [0.5, 0.6) is 0 Å². The molecular formula is C11H17N3O. The highest BCUT2D eigenvalue weighted by Gasteiger charge is 2.19. The highest BCUT2D eigenvalue weighted by molar-refractivity contribution is 5.76. The minimum atomic E-state index is 0.115. The van der Waals surface area contributed by atoms with Crippen LogP contribution in [0.25, 0.3) is 0 Å². The molecule has 0 aromatic carbocycles. The zero-order valence-corrected chi connectivity index (χ0v) is 8.75. The maximum atomic E-state index is 11.4. The third-order valence-electron chi connectivity index (χ3n) is 2.51. The molecule has 4 nitrogen and oxygen atoms in total. The maximum Gasteiger partial charge on any atom is 0.221 e. The molecule has 1 fully saturated rings. The molecule has 0 radical (unpaired) electrons. The number of nitrogens with one attached hydrogen (secondary N) is 3. The second-order valence-electron chi connectivity index (χ2n) is 3.97. The van der Waals surface area contributed by atoms with Gasteiger partial charge in [-0.15, -0.1) is 0 Å². The van der Waals surface area contributed by atoms with E-state index in [4.69, 9.17) is 0 Å². The van der Waals surface area contributed by atoms with Crippen molar-refractivity contribution >= 4 is 5.91 Å². The first kappa shape index (κ1) is 10.2. The quantitative estimate of drug-likeness (QED) is 0.645. The van der Waals surface area contributed by atoms with Gasteiger partial charge in [0.15, 0.2) is 0 Å². The fourth-order valence-corrected chi connectivity index (χ4v) is 1.43. The van der Waals surface area contributed by atoms with E-state index < -0.39 is 0 Å². The van der Waals surface area contributed by atoms with Gasteiger partial charge in [0.05, 0.1) is 0 Å². The van der Waals surface area contributed by atoms with E-state index in [0.29, 0.717) is 19.0 Å². The molecule has 1 aromatic heterocycles. The zero-order chi connectivity index (χ0) is 10.5. The number of aromatic amines is 1. The van der Waals surface area contributed by atoms with Crippen molar-refractivity contribution < 1.29 is 4.79 Å². The molecule has 0 unspecified atom stereocenters. The Kier molecular flexibility index (Phi) is 3.40. The summed E-state index contributed by atoms with van der Waals surface area (Å²) >= 11 is 0. The number of hydrogen-bond donors (Lipinski definition) is 3. The molecule has 1 saturated carbocycles. The lowest BCUT2D eigenvalue weighted by atomic mass is 10.3. The van der Waals surface area contributed by atoms with Crippen molar-refractivity contribution in [2.75, 3.05) is 6.54 Å². The van der Waals surface area contributed by atoms with Crippen molar-refractivity contribution in [3.8, 4) is 0 Å². The standard InChI is InChI=1S/C11H17N3O/c15-11(4-6-13-10-1-2-10)14-8-9-3-5-12-7-9/h3,5,7,10,12-13H,1-2,4,6,8H2,(H,14,15). The monoisotopic (exact) mass is 207 g/mol. The Morgan fingerprint density at radius 1 is 1.53 bits per heavy atom. The molecule has 0 saturated heterocycles. The zero-order valence-electron chi connectivity index (χ0n) is 8.75. The molecule has 15 heavy (non-hydrogen) atoms. The van der Waals surface area contributed by atoms with E-state index in [1.54, 1.807) is 0 Å². The smallest absolute Gasteiger partial charge is 0.221 e. The average molecular weight is 207 g/mol. The van der Waals surface area contributed by atoms with Gasteiger partial charge in [-0.05, 0) is 24.5 Å². The van der Waals surface area contributed by atoms with Gasteiger partial charge in [-0.3, -0.25) is 4.79 Å². The van der Waals surface area contributed by atoms with Crippen molar-refractivity contribution in [2.45, 2.75) is 31.8 Å². The van der Waals surface area contributed by atoms with Crippen LogP contribution in [0.2, 0.25) is 0 Å². The summed E-state index contributed by atoms with van der Waals surface area (Å²) in [4.78, 5) is 14.3. The molecule has 1 aliphatic rings. The first-order valence-electron chi connectivity index (χ1n) is 5.46. The van der Waals surface area contributed by atoms with E-state index in [2.05, 4.69) is 15.6 Å². The summed E-state index contributed by atoms with van der Waals surface area (Å²) in [5, 5.41) is 6.19. The first-order valence-corrected chi connectivity index (χ1v) is 5.46. The molecule has 1 amide bonds. The van der Waals surface area contributed by atoms with Crippen molar-refractivity contribution in [3.63, 3.8) is 0 Å². The summed E-state index contributed by atoms with van der Waals surface area (Å²) < 4.78 is 0. The molecule has 0 bridgehead atoms. The first-order chi connectivity index (χ1) is 7.34. The van der Waals surface area contributed by atoms with Gasteiger partial charge in [-0.1, -0.05) is 0 Å². The van der Waals surface area contributed by atoms with Crippen LogP contribution >= 0.6 is 0 Å². The molecular weight excluding hydrogens is 190 g/mol. The highest BCUT2D eigenvalue weighted by Crippen LogP contribution is 2.18. The Hall–Kier alpha value is -1.29. The average Bonchev–Trinajstić information content (AvgIpc) is 2.91. The summed E-state index contributed by atoms with van der Waals surface area (Å²) in [5.41, 5.74) is 1.11. The van der Waals surface area contributed by atoms with Crippen LogP contribution in [0.3, 0.4) is 0 Å². The fraction of sp³-hybridized carbons (Fsp3) is 0.545. The molecule has 2 rings (SSSR count). The third kappa shape index (κ3) is 3.75. The molecule has 0 atom stereocenters. The lowest BCUT2D eigenvalue weighted by Crippen LogP contribution is -2.27. The fourth-order valence-electron chi connectivity index (χ4n) is 1.43. The van der Waals surface area contributed by atoms with Crippen LogP contribution in [-0.2, 0) is 11.3 Å². The van der Waals surface area contributed by atoms with E-state index in [9.17, 15) is 4.79 Å². The highest BCUT2D eigenvalue weighted by atomic mass is 16.1. The molecule has 1 aromatic rings. The summed E-state index contributed by atoms with van der Waals surface area (Å²) in [6.45, 7) is 1.41. The predicted molar refractivity (Wildman–Crippen MR) is 58.3 cm³/mol. The number of aromatic nitrogens is 1. The minimum absolute atomic E-state index is 0.115. The van der Waals surface area contributed by atoms with Crippen molar-refractivity contribution in [2.24, 2.45) is 0 Å². The van der Waals surface area contributed by atoms with E-state index in [0.717, 1.165) is 12.1 Å². The van der Waals surface area contributed by atoms with Gasteiger partial charge < -0.3 is 15.6 Å². The van der Waals surface area contributed by atoms with Crippen molar-refractivity contribution in [1.82, 2.24) is 15.6 Å². The van der Waals surface area contributed by atoms with Crippen LogP contribution in [0, 0.1) is 0 Å². The van der Waals surface area contributed by atoms with Crippen molar-refractivity contribution in [1.29, 1.82) is 0 Å². The second-order valence-corrected chi connectivity index (χ2v) is 3.97. The van der Waals surface area contributed by atoms with Gasteiger partial charge in [0.25, 0.3) is 0 Å². The van der Waals surface area contributed by atoms with E-state index in [1.165, 1.54) is 12.8 Å². The summed E-state index contributed by atoms with van der Waals surface area (Å²) in [7, 11) is 0. The number of carbonyl (C=O) groups is 1. The molecule has 0 spiro atoms. The van der Waals surface area contributed by atoms with Crippen LogP contribution in [-0.4, -0.2) is 23.5 Å². The number of H-pyrrole nitrogens is 1. The maximum absolute atomic E-state index is 11.4. The summed E-state index contributed by atoms with van der Waals surface area (Å²) in [6.07, 6.45) is 6.86. The largest absolute Gasteiger partial charge is 0.367 e. The van der Waals surface area contributed by atoms with Crippen LogP contribution in [0.15, 0.2) is 18.5 Å². The molecule has 82 valence electrons. The summed E-state index contributed by atoms with van der Waals surface area (Å²) in [6, 6.07) is 2.64. The van der Waals surface area contributed by atoms with Crippen LogP contribution < -0.4 is 10.6 Å². The van der Waals surface area contributed by atoms with Crippen molar-refractivity contribution in [3.05, 3.63) is 24.0 Å². The number of carbonyl (C=O) groups excluding carboxylic acids is 1. The Bertz CT molecular complexity index is 304. The Labute approximate surface area is 89.5 Å². The molecule has 0 aliphatic heterocycles. The lowest BCUT2D eigenvalue weighted by molar-refractivity contribution is -0.121. The molecule has 1 heterocycles. The SMILES string of the molecule is O=C(CCNC1CC1)NCc1cc[nH]c1. The lowest BCUT2D eigenvalue weighted by Gasteiger charge is -2.04. The van der Waals surface area contributed by atoms with Crippen LogP contribution in [0.4, 0.5) is 0 Å². The molecule has 3 N–H and O–H groups in total. The normalized spacial score (nSPS) is 15.2. The van der Waals surface area contributed by atoms with Gasteiger partial charge in [0.2, 0.25) is 5.91 Å². The van der Waals surface area contributed by atoms with E-state index in [-0.39, 0.29) is 5.91 Å². The van der Waals surface area contributed by atoms with Gasteiger partial charge in [-0.2, -0.15) is 0 Å². The second kappa shape index (κ2) is 4.98. The third-order valence-corrected chi connectivity index (χ3v) is 2.51. The predicted octanol–water partition coefficient (Wildman–Crippen LogP) is 0.773. The Morgan fingerprint density at radius 2 is 2.40 bits per heavy atom. The van der Waals surface area contributed by atoms with E-state index in [1.807, 2.05) is 18.5 Å². The van der Waals surface area contributed by atoms with Gasteiger partial charge >= 0.3 is 0 Å². The van der Waals surface area contributed by atoms with Crippen LogP contribution in [0.1, 0.15) is 24.8 Å². The minimum Gasteiger partial charge on any atom is -0.367 e. The van der Waals surface area contributed by atoms with Gasteiger partial charge in [0, 0.05) is 37.9 Å². The Morgan fingerprint density at radius 3 is 3.07 bits per heavy atom.